The van der Waals surface area contributed by atoms with Gasteiger partial charge in [0.15, 0.2) is 11.8 Å². The fourth-order valence-electron chi connectivity index (χ4n) is 3.11. The van der Waals surface area contributed by atoms with Crippen molar-refractivity contribution in [2.24, 2.45) is 4.99 Å². The minimum atomic E-state index is 0.423. The number of rotatable bonds is 7. The summed E-state index contributed by atoms with van der Waals surface area (Å²) in [5, 5.41) is 11.7. The molecule has 4 aromatic rings. The van der Waals surface area contributed by atoms with Crippen LogP contribution >= 0.6 is 0 Å². The predicted octanol–water partition coefficient (Wildman–Crippen LogP) is 3.48. The van der Waals surface area contributed by atoms with Crippen LogP contribution in [-0.4, -0.2) is 34.2 Å². The number of pyridine rings is 1. The first-order valence-electron chi connectivity index (χ1n) is 9.97. The fourth-order valence-corrected chi connectivity index (χ4v) is 3.11. The smallest absolute Gasteiger partial charge is 0.276 e. The maximum absolute atomic E-state index is 5.94. The second-order valence-electron chi connectivity index (χ2n) is 6.75. The van der Waals surface area contributed by atoms with Gasteiger partial charge in [-0.3, -0.25) is 4.98 Å². The Hall–Kier alpha value is -3.68. The van der Waals surface area contributed by atoms with Gasteiger partial charge in [0.1, 0.15) is 23.6 Å². The number of hydrogen-bond donors (Lipinski definition) is 2. The summed E-state index contributed by atoms with van der Waals surface area (Å²) in [5.41, 5.74) is 2.68. The molecule has 8 heteroatoms. The van der Waals surface area contributed by atoms with Crippen molar-refractivity contribution in [2.75, 3.05) is 13.1 Å². The van der Waals surface area contributed by atoms with E-state index in [2.05, 4.69) is 43.7 Å². The third-order valence-corrected chi connectivity index (χ3v) is 4.66. The Morgan fingerprint density at radius 3 is 2.77 bits per heavy atom. The molecule has 0 aliphatic heterocycles. The molecule has 4 rings (SSSR count). The molecular weight excluding hydrogens is 380 g/mol. The van der Waals surface area contributed by atoms with E-state index in [1.54, 1.807) is 6.20 Å². The van der Waals surface area contributed by atoms with Crippen LogP contribution in [0.5, 0.6) is 0 Å². The number of guanidine groups is 1. The van der Waals surface area contributed by atoms with Crippen LogP contribution in [-0.2, 0) is 13.0 Å². The van der Waals surface area contributed by atoms with E-state index in [1.807, 2.05) is 43.3 Å². The van der Waals surface area contributed by atoms with E-state index in [-0.39, 0.29) is 0 Å². The summed E-state index contributed by atoms with van der Waals surface area (Å²) in [6.07, 6.45) is 2.30. The van der Waals surface area contributed by atoms with Crippen LogP contribution in [0.25, 0.3) is 22.6 Å². The quantitative estimate of drug-likeness (QED) is 0.359. The molecule has 0 unspecified atom stereocenters. The summed E-state index contributed by atoms with van der Waals surface area (Å²) in [6, 6.07) is 13.6. The molecule has 3 aromatic heterocycles. The Morgan fingerprint density at radius 2 is 1.97 bits per heavy atom. The van der Waals surface area contributed by atoms with Gasteiger partial charge < -0.3 is 19.6 Å². The molecule has 3 heterocycles. The first-order chi connectivity index (χ1) is 14.7. The summed E-state index contributed by atoms with van der Waals surface area (Å²) in [4.78, 5) is 13.3. The van der Waals surface area contributed by atoms with Crippen LogP contribution in [0.1, 0.15) is 24.1 Å². The van der Waals surface area contributed by atoms with Crippen molar-refractivity contribution < 1.29 is 8.94 Å². The Labute approximate surface area is 174 Å². The number of benzene rings is 1. The van der Waals surface area contributed by atoms with E-state index >= 15 is 0 Å². The average molecular weight is 404 g/mol. The Morgan fingerprint density at radius 1 is 1.10 bits per heavy atom. The molecule has 0 bridgehead atoms. The summed E-state index contributed by atoms with van der Waals surface area (Å²) in [6.45, 7) is 5.93. The summed E-state index contributed by atoms with van der Waals surface area (Å²) >= 11 is 0. The zero-order chi connectivity index (χ0) is 20.8. The van der Waals surface area contributed by atoms with E-state index in [4.69, 9.17) is 8.94 Å². The van der Waals surface area contributed by atoms with Crippen molar-refractivity contribution in [3.63, 3.8) is 0 Å². The molecule has 0 spiro atoms. The van der Waals surface area contributed by atoms with Gasteiger partial charge in [-0.2, -0.15) is 4.98 Å². The number of aryl methyl sites for hydroxylation is 1. The number of hydrogen-bond acceptors (Lipinski definition) is 6. The molecular formula is C22H24N6O2. The van der Waals surface area contributed by atoms with Crippen LogP contribution in [0.4, 0.5) is 0 Å². The molecule has 0 saturated carbocycles. The van der Waals surface area contributed by atoms with Crippen molar-refractivity contribution in [1.29, 1.82) is 0 Å². The molecule has 0 fully saturated rings. The zero-order valence-electron chi connectivity index (χ0n) is 17.1. The monoisotopic (exact) mass is 404 g/mol. The molecule has 0 amide bonds. The lowest BCUT2D eigenvalue weighted by atomic mass is 10.1. The maximum atomic E-state index is 5.94. The van der Waals surface area contributed by atoms with E-state index in [9.17, 15) is 0 Å². The van der Waals surface area contributed by atoms with E-state index in [0.29, 0.717) is 42.9 Å². The SMILES string of the molecule is CCNC(=NCc1oc2ccccc2c1C)NCCc1noc(-c2ccccn2)n1. The highest BCUT2D eigenvalue weighted by atomic mass is 16.5. The van der Waals surface area contributed by atoms with E-state index in [1.165, 1.54) is 0 Å². The van der Waals surface area contributed by atoms with Gasteiger partial charge in [0.2, 0.25) is 0 Å². The second kappa shape index (κ2) is 9.21. The minimum absolute atomic E-state index is 0.423. The molecule has 154 valence electrons. The van der Waals surface area contributed by atoms with E-state index in [0.717, 1.165) is 28.8 Å². The minimum Gasteiger partial charge on any atom is -0.459 e. The Bertz CT molecular complexity index is 1130. The topological polar surface area (TPSA) is 101 Å². The largest absolute Gasteiger partial charge is 0.459 e. The molecule has 0 atom stereocenters. The zero-order valence-corrected chi connectivity index (χ0v) is 17.1. The van der Waals surface area contributed by atoms with Gasteiger partial charge in [-0.15, -0.1) is 0 Å². The van der Waals surface area contributed by atoms with Crippen molar-refractivity contribution in [1.82, 2.24) is 25.8 Å². The highest BCUT2D eigenvalue weighted by Gasteiger charge is 2.11. The van der Waals surface area contributed by atoms with Crippen LogP contribution in [0.15, 0.2) is 62.6 Å². The highest BCUT2D eigenvalue weighted by Crippen LogP contribution is 2.25. The highest BCUT2D eigenvalue weighted by molar-refractivity contribution is 5.82. The van der Waals surface area contributed by atoms with Crippen molar-refractivity contribution >= 4 is 16.9 Å². The third kappa shape index (κ3) is 4.48. The molecule has 1 aromatic carbocycles. The predicted molar refractivity (Wildman–Crippen MR) is 115 cm³/mol. The molecule has 0 aliphatic rings. The number of furan rings is 1. The third-order valence-electron chi connectivity index (χ3n) is 4.66. The van der Waals surface area contributed by atoms with Crippen molar-refractivity contribution in [3.05, 3.63) is 65.8 Å². The van der Waals surface area contributed by atoms with Gasteiger partial charge in [-0.05, 0) is 32.0 Å². The lowest BCUT2D eigenvalue weighted by Crippen LogP contribution is -2.38. The van der Waals surface area contributed by atoms with Crippen LogP contribution < -0.4 is 10.6 Å². The first kappa shape index (κ1) is 19.6. The van der Waals surface area contributed by atoms with Gasteiger partial charge >= 0.3 is 0 Å². The molecule has 30 heavy (non-hydrogen) atoms. The van der Waals surface area contributed by atoms with Crippen LogP contribution in [0, 0.1) is 6.92 Å². The number of para-hydroxylation sites is 1. The number of fused-ring (bicyclic) bond motifs is 1. The van der Waals surface area contributed by atoms with E-state index < -0.39 is 0 Å². The molecule has 8 nitrogen and oxygen atoms in total. The Balaban J connectivity index is 1.36. The Kier molecular flexibility index (Phi) is 6.03. The lowest BCUT2D eigenvalue weighted by molar-refractivity contribution is 0.421. The summed E-state index contributed by atoms with van der Waals surface area (Å²) in [7, 11) is 0. The average Bonchev–Trinajstić information content (AvgIpc) is 3.38. The maximum Gasteiger partial charge on any atom is 0.276 e. The molecule has 2 N–H and O–H groups in total. The molecule has 0 saturated heterocycles. The normalized spacial score (nSPS) is 11.7. The van der Waals surface area contributed by atoms with Crippen LogP contribution in [0.3, 0.4) is 0 Å². The van der Waals surface area contributed by atoms with Gasteiger partial charge in [-0.1, -0.05) is 29.4 Å². The van der Waals surface area contributed by atoms with Crippen LogP contribution in [0.2, 0.25) is 0 Å². The molecule has 0 aliphatic carbocycles. The summed E-state index contributed by atoms with van der Waals surface area (Å²) in [5.74, 6) is 2.62. The number of aliphatic imine (C=N–C) groups is 1. The fraction of sp³-hybridized carbons (Fsp3) is 0.273. The van der Waals surface area contributed by atoms with Gasteiger partial charge in [0.05, 0.1) is 0 Å². The second-order valence-corrected chi connectivity index (χ2v) is 6.75. The number of aromatic nitrogens is 3. The van der Waals surface area contributed by atoms with Gasteiger partial charge in [-0.25, -0.2) is 4.99 Å². The van der Waals surface area contributed by atoms with Gasteiger partial charge in [0.25, 0.3) is 5.89 Å². The number of nitrogens with zero attached hydrogens (tertiary/aromatic N) is 4. The number of nitrogens with one attached hydrogen (secondary N) is 2. The molecule has 0 radical (unpaired) electrons. The standard InChI is InChI=1S/C22H24N6O2/c1-3-23-22(26-14-19-15(2)16-8-4-5-10-18(16)29-19)25-13-11-20-27-21(30-28-20)17-9-6-7-12-24-17/h4-10,12H,3,11,13-14H2,1-2H3,(H2,23,25,26). The first-order valence-corrected chi connectivity index (χ1v) is 9.97. The summed E-state index contributed by atoms with van der Waals surface area (Å²) < 4.78 is 11.2. The van der Waals surface area contributed by atoms with Crippen molar-refractivity contribution in [2.45, 2.75) is 26.8 Å². The lowest BCUT2D eigenvalue weighted by Gasteiger charge is -2.10. The van der Waals surface area contributed by atoms with Crippen molar-refractivity contribution in [3.8, 4) is 11.6 Å². The van der Waals surface area contributed by atoms with Gasteiger partial charge in [0, 0.05) is 36.7 Å².